The van der Waals surface area contributed by atoms with E-state index in [2.05, 4.69) is 35.6 Å². The van der Waals surface area contributed by atoms with Crippen LogP contribution in [0.2, 0.25) is 5.82 Å². The molecule has 2 aliphatic carbocycles. The predicted octanol–water partition coefficient (Wildman–Crippen LogP) is 7.78. The lowest BCUT2D eigenvalue weighted by molar-refractivity contribution is 0.291. The number of allylic oxidation sites excluding steroid dienone is 2. The first-order valence-electron chi connectivity index (χ1n) is 11.2. The van der Waals surface area contributed by atoms with Crippen LogP contribution in [0, 0.1) is 5.92 Å². The molecule has 2 saturated carbocycles. The predicted molar refractivity (Wildman–Crippen MR) is 121 cm³/mol. The fraction of sp³-hybridized carbons (Fsp3) is 0.909. The normalized spacial score (nSPS) is 20.8. The number of hydrogen-bond acceptors (Lipinski definition) is 1. The monoisotopic (exact) mass is 458 g/mol. The summed E-state index contributed by atoms with van der Waals surface area (Å²) in [6.45, 7) is 3.73. The molecular weight excluding hydrogens is 418 g/mol. The molecular formula is C22H40BIO. The quantitative estimate of drug-likeness (QED) is 0.133. The van der Waals surface area contributed by atoms with E-state index in [-0.39, 0.29) is 0 Å². The van der Waals surface area contributed by atoms with Gasteiger partial charge in [-0.2, -0.15) is 0 Å². The van der Waals surface area contributed by atoms with Gasteiger partial charge in [0, 0.05) is 6.61 Å². The van der Waals surface area contributed by atoms with Crippen molar-refractivity contribution in [2.45, 2.75) is 109 Å². The number of hydrogen-bond donors (Lipinski definition) is 0. The molecule has 0 atom stereocenters. The molecule has 144 valence electrons. The zero-order valence-corrected chi connectivity index (χ0v) is 18.8. The summed E-state index contributed by atoms with van der Waals surface area (Å²) in [5.41, 5.74) is 1.73. The maximum absolute atomic E-state index is 6.66. The Hall–Kier alpha value is 0.495. The smallest absolute Gasteiger partial charge is 0.325 e. The minimum atomic E-state index is 0.439. The lowest BCUT2D eigenvalue weighted by Crippen LogP contribution is -2.34. The van der Waals surface area contributed by atoms with Crippen LogP contribution in [-0.4, -0.2) is 18.0 Å². The Morgan fingerprint density at radius 1 is 0.960 bits per heavy atom. The number of unbranched alkanes of at least 4 members (excludes halogenated alkanes) is 3. The van der Waals surface area contributed by atoms with E-state index in [1.54, 1.807) is 5.47 Å². The zero-order chi connectivity index (χ0) is 17.7. The molecule has 1 nitrogen and oxygen atoms in total. The van der Waals surface area contributed by atoms with Gasteiger partial charge in [0.2, 0.25) is 0 Å². The Balaban J connectivity index is 2.08. The average molecular weight is 458 g/mol. The van der Waals surface area contributed by atoms with Gasteiger partial charge in [-0.1, -0.05) is 105 Å². The van der Waals surface area contributed by atoms with Crippen molar-refractivity contribution in [2.75, 3.05) is 11.0 Å². The molecule has 2 aliphatic rings. The van der Waals surface area contributed by atoms with Gasteiger partial charge >= 0.3 is 6.92 Å². The summed E-state index contributed by atoms with van der Waals surface area (Å²) in [6, 6.07) is 0. The highest BCUT2D eigenvalue weighted by Gasteiger charge is 2.35. The standard InChI is InChI=1S/C22H40BIO/c1-2-3-6-17-22(20-13-7-4-8-14-20)23(25-19-12-11-18-24)21-15-9-5-10-16-21/h17,20-21H,2-16,18-19H2,1H3/b22-17-. The van der Waals surface area contributed by atoms with Crippen molar-refractivity contribution in [3.8, 4) is 0 Å². The Labute approximate surface area is 171 Å². The van der Waals surface area contributed by atoms with Crippen LogP contribution >= 0.6 is 22.6 Å². The fourth-order valence-corrected chi connectivity index (χ4v) is 5.31. The summed E-state index contributed by atoms with van der Waals surface area (Å²) in [4.78, 5) is 0. The summed E-state index contributed by atoms with van der Waals surface area (Å²) in [7, 11) is 0. The van der Waals surface area contributed by atoms with Crippen LogP contribution in [0.15, 0.2) is 11.5 Å². The molecule has 25 heavy (non-hydrogen) atoms. The van der Waals surface area contributed by atoms with Crippen molar-refractivity contribution < 1.29 is 4.65 Å². The molecule has 0 radical (unpaired) electrons. The topological polar surface area (TPSA) is 9.23 Å². The van der Waals surface area contributed by atoms with Crippen molar-refractivity contribution in [3.63, 3.8) is 0 Å². The maximum Gasteiger partial charge on any atom is 0.325 e. The molecule has 0 spiro atoms. The molecule has 2 fully saturated rings. The van der Waals surface area contributed by atoms with Crippen LogP contribution in [0.25, 0.3) is 0 Å². The van der Waals surface area contributed by atoms with E-state index in [1.807, 2.05) is 0 Å². The summed E-state index contributed by atoms with van der Waals surface area (Å²) in [5.74, 6) is 1.62. The SMILES string of the molecule is CCCC/C=C(\B(OCCCCI)C1CCCCC1)C1CCCCC1. The third kappa shape index (κ3) is 7.95. The summed E-state index contributed by atoms with van der Waals surface area (Å²) < 4.78 is 7.92. The fourth-order valence-electron chi connectivity index (χ4n) is 4.77. The molecule has 0 saturated heterocycles. The minimum Gasteiger partial charge on any atom is -0.431 e. The molecule has 0 aromatic carbocycles. The van der Waals surface area contributed by atoms with Crippen molar-refractivity contribution in [3.05, 3.63) is 11.5 Å². The Kier molecular flexibility index (Phi) is 11.9. The van der Waals surface area contributed by atoms with Crippen LogP contribution in [-0.2, 0) is 4.65 Å². The van der Waals surface area contributed by atoms with Crippen molar-refractivity contribution in [1.29, 1.82) is 0 Å². The summed E-state index contributed by atoms with van der Waals surface area (Å²) >= 11 is 2.49. The van der Waals surface area contributed by atoms with Crippen LogP contribution in [0.1, 0.15) is 103 Å². The number of alkyl halides is 1. The van der Waals surface area contributed by atoms with Gasteiger partial charge in [-0.05, 0) is 48.3 Å². The molecule has 0 unspecified atom stereocenters. The molecule has 0 aromatic heterocycles. The first kappa shape index (κ1) is 21.8. The highest BCUT2D eigenvalue weighted by Crippen LogP contribution is 2.40. The van der Waals surface area contributed by atoms with E-state index >= 15 is 0 Å². The summed E-state index contributed by atoms with van der Waals surface area (Å²) in [6.07, 6.45) is 23.3. The van der Waals surface area contributed by atoms with Gasteiger partial charge in [-0.25, -0.2) is 0 Å². The van der Waals surface area contributed by atoms with Gasteiger partial charge in [0.15, 0.2) is 0 Å². The van der Waals surface area contributed by atoms with E-state index in [4.69, 9.17) is 4.65 Å². The Morgan fingerprint density at radius 3 is 2.28 bits per heavy atom. The van der Waals surface area contributed by atoms with E-state index in [9.17, 15) is 0 Å². The molecule has 0 amide bonds. The van der Waals surface area contributed by atoms with Crippen LogP contribution in [0.3, 0.4) is 0 Å². The largest absolute Gasteiger partial charge is 0.431 e. The third-order valence-electron chi connectivity index (χ3n) is 6.25. The Morgan fingerprint density at radius 2 is 1.64 bits per heavy atom. The van der Waals surface area contributed by atoms with Gasteiger partial charge in [-0.3, -0.25) is 0 Å². The van der Waals surface area contributed by atoms with Crippen molar-refractivity contribution >= 4 is 29.5 Å². The van der Waals surface area contributed by atoms with Crippen LogP contribution in [0.5, 0.6) is 0 Å². The first-order valence-corrected chi connectivity index (χ1v) is 12.8. The van der Waals surface area contributed by atoms with Crippen LogP contribution in [0.4, 0.5) is 0 Å². The van der Waals surface area contributed by atoms with Gasteiger partial charge in [0.1, 0.15) is 0 Å². The first-order chi connectivity index (χ1) is 12.4. The second-order valence-corrected chi connectivity index (χ2v) is 9.35. The molecule has 0 bridgehead atoms. The number of halogens is 1. The van der Waals surface area contributed by atoms with Gasteiger partial charge in [0.05, 0.1) is 0 Å². The van der Waals surface area contributed by atoms with Gasteiger partial charge < -0.3 is 4.65 Å². The molecule has 2 rings (SSSR count). The second-order valence-electron chi connectivity index (χ2n) is 8.27. The average Bonchev–Trinajstić information content (AvgIpc) is 2.68. The van der Waals surface area contributed by atoms with E-state index in [0.29, 0.717) is 6.92 Å². The highest BCUT2D eigenvalue weighted by molar-refractivity contribution is 14.1. The second kappa shape index (κ2) is 13.6. The molecule has 0 heterocycles. The molecule has 0 N–H and O–H groups in total. The van der Waals surface area contributed by atoms with Crippen molar-refractivity contribution in [2.24, 2.45) is 5.92 Å². The molecule has 0 aromatic rings. The van der Waals surface area contributed by atoms with E-state index in [1.165, 1.54) is 101 Å². The van der Waals surface area contributed by atoms with Crippen molar-refractivity contribution in [1.82, 2.24) is 0 Å². The third-order valence-corrected chi connectivity index (χ3v) is 7.01. The van der Waals surface area contributed by atoms with Gasteiger partial charge in [0.25, 0.3) is 0 Å². The zero-order valence-electron chi connectivity index (χ0n) is 16.6. The van der Waals surface area contributed by atoms with E-state index in [0.717, 1.165) is 18.3 Å². The molecule has 0 aliphatic heterocycles. The van der Waals surface area contributed by atoms with E-state index < -0.39 is 0 Å². The highest BCUT2D eigenvalue weighted by atomic mass is 127. The lowest BCUT2D eigenvalue weighted by Gasteiger charge is -2.34. The molecule has 3 heteroatoms. The maximum atomic E-state index is 6.66. The Bertz CT molecular complexity index is 359. The summed E-state index contributed by atoms with van der Waals surface area (Å²) in [5, 5.41) is 0. The van der Waals surface area contributed by atoms with Gasteiger partial charge in [-0.15, -0.1) is 0 Å². The minimum absolute atomic E-state index is 0.439. The lowest BCUT2D eigenvalue weighted by atomic mass is 9.43. The number of rotatable bonds is 11. The van der Waals surface area contributed by atoms with Crippen LogP contribution < -0.4 is 0 Å².